The van der Waals surface area contributed by atoms with Gasteiger partial charge < -0.3 is 5.11 Å². The first-order valence-electron chi connectivity index (χ1n) is 5.82. The molecule has 0 amide bonds. The Labute approximate surface area is 115 Å². The first-order valence-corrected chi connectivity index (χ1v) is 7.26. The molecule has 1 heterocycles. The van der Waals surface area contributed by atoms with Crippen molar-refractivity contribution in [3.63, 3.8) is 0 Å². The van der Waals surface area contributed by atoms with Gasteiger partial charge in [-0.15, -0.1) is 0 Å². The number of sulfonamides is 1. The molecule has 0 bridgehead atoms. The fraction of sp³-hybridized carbons (Fsp3) is 0.333. The molecule has 1 atom stereocenters. The Morgan fingerprint density at radius 3 is 2.80 bits per heavy atom. The van der Waals surface area contributed by atoms with Crippen LogP contribution < -0.4 is 0 Å². The van der Waals surface area contributed by atoms with Crippen LogP contribution in [0.3, 0.4) is 0 Å². The summed E-state index contributed by atoms with van der Waals surface area (Å²) in [5.41, 5.74) is -0.332. The second kappa shape index (κ2) is 5.19. The van der Waals surface area contributed by atoms with Crippen LogP contribution >= 0.6 is 0 Å². The summed E-state index contributed by atoms with van der Waals surface area (Å²) >= 11 is 0. The van der Waals surface area contributed by atoms with Crippen molar-refractivity contribution >= 4 is 16.0 Å². The fourth-order valence-corrected chi connectivity index (χ4v) is 3.99. The quantitative estimate of drug-likeness (QED) is 0.895. The maximum atomic E-state index is 13.1. The number of nitriles is 1. The number of aliphatic carboxylic acids is 1. The zero-order valence-corrected chi connectivity index (χ0v) is 11.1. The van der Waals surface area contributed by atoms with Crippen LogP contribution in [0.5, 0.6) is 0 Å². The van der Waals surface area contributed by atoms with Crippen molar-refractivity contribution in [1.29, 1.82) is 5.26 Å². The van der Waals surface area contributed by atoms with Gasteiger partial charge in [-0.1, -0.05) is 0 Å². The van der Waals surface area contributed by atoms with Crippen LogP contribution in [0.4, 0.5) is 4.39 Å². The van der Waals surface area contributed by atoms with E-state index in [2.05, 4.69) is 0 Å². The summed E-state index contributed by atoms with van der Waals surface area (Å²) in [6, 6.07) is 3.21. The normalized spacial score (nSPS) is 19.7. The molecule has 0 saturated carbocycles. The molecule has 1 aromatic rings. The van der Waals surface area contributed by atoms with Gasteiger partial charge in [0.2, 0.25) is 10.0 Å². The Hall–Kier alpha value is -1.98. The van der Waals surface area contributed by atoms with Gasteiger partial charge in [0.05, 0.1) is 5.56 Å². The minimum atomic E-state index is -4.13. The predicted octanol–water partition coefficient (Wildman–Crippen LogP) is 0.935. The molecule has 0 radical (unpaired) electrons. The number of rotatable bonds is 3. The third-order valence-corrected chi connectivity index (χ3v) is 5.10. The minimum absolute atomic E-state index is 0.0710. The third-order valence-electron chi connectivity index (χ3n) is 3.14. The van der Waals surface area contributed by atoms with E-state index in [0.29, 0.717) is 6.42 Å². The Morgan fingerprint density at radius 2 is 2.20 bits per heavy atom. The number of carboxylic acid groups (broad SMARTS) is 1. The second-order valence-corrected chi connectivity index (χ2v) is 6.22. The lowest BCUT2D eigenvalue weighted by atomic mass is 10.2. The van der Waals surface area contributed by atoms with E-state index in [1.165, 1.54) is 0 Å². The molecular weight excluding hydrogens is 287 g/mol. The van der Waals surface area contributed by atoms with Gasteiger partial charge in [0, 0.05) is 6.54 Å². The highest BCUT2D eigenvalue weighted by Gasteiger charge is 2.40. The van der Waals surface area contributed by atoms with Crippen molar-refractivity contribution < 1.29 is 22.7 Å². The summed E-state index contributed by atoms with van der Waals surface area (Å²) in [6.45, 7) is 0.0710. The van der Waals surface area contributed by atoms with Gasteiger partial charge in [0.15, 0.2) is 0 Å². The Bertz CT molecular complexity index is 696. The van der Waals surface area contributed by atoms with Crippen molar-refractivity contribution in [2.45, 2.75) is 23.8 Å². The molecule has 0 aromatic heterocycles. The van der Waals surface area contributed by atoms with E-state index in [1.54, 1.807) is 6.07 Å². The summed E-state index contributed by atoms with van der Waals surface area (Å²) in [4.78, 5) is 10.7. The van der Waals surface area contributed by atoms with Crippen LogP contribution in [-0.4, -0.2) is 36.4 Å². The van der Waals surface area contributed by atoms with Gasteiger partial charge in [-0.25, -0.2) is 12.8 Å². The summed E-state index contributed by atoms with van der Waals surface area (Å²) < 4.78 is 38.8. The van der Waals surface area contributed by atoms with Gasteiger partial charge >= 0.3 is 5.97 Å². The standard InChI is InChI=1S/C12H11FN2O4S/c13-9-3-4-11(8(6-9)7-14)20(18,19)15-5-1-2-10(15)12(16)17/h3-4,6,10H,1-2,5H2,(H,16,17). The maximum Gasteiger partial charge on any atom is 0.322 e. The summed E-state index contributed by atoms with van der Waals surface area (Å²) in [7, 11) is -4.13. The number of hydrogen-bond donors (Lipinski definition) is 1. The highest BCUT2D eigenvalue weighted by molar-refractivity contribution is 7.89. The van der Waals surface area contributed by atoms with Gasteiger partial charge in [0.25, 0.3) is 0 Å². The van der Waals surface area contributed by atoms with Gasteiger partial charge in [-0.2, -0.15) is 9.57 Å². The Morgan fingerprint density at radius 1 is 1.50 bits per heavy atom. The largest absolute Gasteiger partial charge is 0.480 e. The average molecular weight is 298 g/mol. The Kier molecular flexibility index (Phi) is 3.74. The summed E-state index contributed by atoms with van der Waals surface area (Å²) in [5, 5.41) is 17.9. The average Bonchev–Trinajstić information content (AvgIpc) is 2.88. The van der Waals surface area contributed by atoms with Gasteiger partial charge in [0.1, 0.15) is 22.8 Å². The van der Waals surface area contributed by atoms with E-state index in [4.69, 9.17) is 10.4 Å². The van der Waals surface area contributed by atoms with Crippen molar-refractivity contribution in [3.8, 4) is 6.07 Å². The first kappa shape index (κ1) is 14.4. The number of halogens is 1. The molecule has 1 aliphatic heterocycles. The van der Waals surface area contributed by atoms with E-state index in [-0.39, 0.29) is 23.4 Å². The molecule has 1 N–H and O–H groups in total. The molecule has 106 valence electrons. The zero-order valence-electron chi connectivity index (χ0n) is 10.3. The molecule has 8 heteroatoms. The van der Waals surface area contributed by atoms with Gasteiger partial charge in [-0.3, -0.25) is 4.79 Å². The number of carboxylic acids is 1. The van der Waals surface area contributed by atoms with Crippen LogP contribution in [0.2, 0.25) is 0 Å². The molecule has 1 aromatic carbocycles. The number of carbonyl (C=O) groups is 1. The molecule has 1 fully saturated rings. The smallest absolute Gasteiger partial charge is 0.322 e. The molecule has 1 aliphatic rings. The van der Waals surface area contributed by atoms with Crippen molar-refractivity contribution in [1.82, 2.24) is 4.31 Å². The first-order chi connectivity index (χ1) is 9.37. The van der Waals surface area contributed by atoms with E-state index in [0.717, 1.165) is 22.5 Å². The SMILES string of the molecule is N#Cc1cc(F)ccc1S(=O)(=O)N1CCCC1C(=O)O. The van der Waals surface area contributed by atoms with E-state index >= 15 is 0 Å². The highest BCUT2D eigenvalue weighted by atomic mass is 32.2. The van der Waals surface area contributed by atoms with Crippen molar-refractivity contribution in [2.75, 3.05) is 6.54 Å². The summed E-state index contributed by atoms with van der Waals surface area (Å²) in [5.74, 6) is -1.96. The van der Waals surface area contributed by atoms with Crippen LogP contribution in [0.1, 0.15) is 18.4 Å². The molecule has 1 saturated heterocycles. The van der Waals surface area contributed by atoms with Crippen LogP contribution in [0, 0.1) is 17.1 Å². The van der Waals surface area contributed by atoms with Crippen LogP contribution in [0.15, 0.2) is 23.1 Å². The van der Waals surface area contributed by atoms with Gasteiger partial charge in [-0.05, 0) is 31.0 Å². The van der Waals surface area contributed by atoms with E-state index < -0.39 is 27.9 Å². The van der Waals surface area contributed by atoms with Crippen LogP contribution in [0.25, 0.3) is 0 Å². The number of nitrogens with zero attached hydrogens (tertiary/aromatic N) is 2. The topological polar surface area (TPSA) is 98.5 Å². The van der Waals surface area contributed by atoms with E-state index in [1.807, 2.05) is 0 Å². The lowest BCUT2D eigenvalue weighted by molar-refractivity contribution is -0.140. The van der Waals surface area contributed by atoms with Crippen molar-refractivity contribution in [3.05, 3.63) is 29.6 Å². The highest BCUT2D eigenvalue weighted by Crippen LogP contribution is 2.28. The van der Waals surface area contributed by atoms with Crippen LogP contribution in [-0.2, 0) is 14.8 Å². The third kappa shape index (κ3) is 2.37. The summed E-state index contributed by atoms with van der Waals surface area (Å²) in [6.07, 6.45) is 0.650. The molecular formula is C12H11FN2O4S. The van der Waals surface area contributed by atoms with Crippen molar-refractivity contribution in [2.24, 2.45) is 0 Å². The monoisotopic (exact) mass is 298 g/mol. The second-order valence-electron chi connectivity index (χ2n) is 4.36. The molecule has 0 spiro atoms. The number of benzene rings is 1. The Balaban J connectivity index is 2.51. The molecule has 20 heavy (non-hydrogen) atoms. The predicted molar refractivity (Wildman–Crippen MR) is 65.7 cm³/mol. The lowest BCUT2D eigenvalue weighted by Gasteiger charge is -2.21. The fourth-order valence-electron chi connectivity index (χ4n) is 2.22. The molecule has 1 unspecified atom stereocenters. The molecule has 6 nitrogen and oxygen atoms in total. The lowest BCUT2D eigenvalue weighted by Crippen LogP contribution is -2.40. The molecule has 2 rings (SSSR count). The minimum Gasteiger partial charge on any atom is -0.480 e. The zero-order chi connectivity index (χ0) is 14.9. The number of hydrogen-bond acceptors (Lipinski definition) is 4. The maximum absolute atomic E-state index is 13.1. The molecule has 0 aliphatic carbocycles. The van der Waals surface area contributed by atoms with E-state index in [9.17, 15) is 17.6 Å².